The molecule has 4 heterocycles. The predicted molar refractivity (Wildman–Crippen MR) is 171 cm³/mol. The van der Waals surface area contributed by atoms with Gasteiger partial charge in [0.05, 0.1) is 15.9 Å². The normalized spacial score (nSPS) is 15.0. The van der Waals surface area contributed by atoms with Crippen LogP contribution in [0.2, 0.25) is 0 Å². The quantitative estimate of drug-likeness (QED) is 0.210. The SMILES string of the molecule is CCN1CCN(CCCc2ccc3c(c2)sc2nc(-c4ccc(NC(=O)Nc5cc(C(C)(C)C)on5)cc4)cn23)CC1. The highest BCUT2D eigenvalue weighted by Crippen LogP contribution is 2.31. The number of carbonyl (C=O) groups is 1. The van der Waals surface area contributed by atoms with E-state index in [0.29, 0.717) is 17.3 Å². The molecular formula is C32H39N7O2S. The second-order valence-corrected chi connectivity index (χ2v) is 13.1. The molecule has 0 unspecified atom stereocenters. The average Bonchev–Trinajstić information content (AvgIpc) is 3.69. The second kappa shape index (κ2) is 11.9. The molecule has 0 atom stereocenters. The Balaban J connectivity index is 1.05. The molecule has 10 heteroatoms. The molecule has 42 heavy (non-hydrogen) atoms. The molecule has 0 bridgehead atoms. The molecule has 6 rings (SSSR count). The molecule has 2 amide bonds. The van der Waals surface area contributed by atoms with Crippen LogP contribution in [0.1, 0.15) is 45.4 Å². The summed E-state index contributed by atoms with van der Waals surface area (Å²) >= 11 is 1.73. The number of aromatic nitrogens is 3. The lowest BCUT2D eigenvalue weighted by Gasteiger charge is -2.33. The van der Waals surface area contributed by atoms with Crippen molar-refractivity contribution in [2.45, 2.75) is 46.0 Å². The number of thiazole rings is 1. The van der Waals surface area contributed by atoms with Crippen molar-refractivity contribution in [3.8, 4) is 11.3 Å². The van der Waals surface area contributed by atoms with Crippen LogP contribution in [0.25, 0.3) is 26.4 Å². The van der Waals surface area contributed by atoms with Crippen LogP contribution < -0.4 is 10.6 Å². The number of hydrogen-bond acceptors (Lipinski definition) is 7. The Morgan fingerprint density at radius 2 is 1.76 bits per heavy atom. The van der Waals surface area contributed by atoms with E-state index in [4.69, 9.17) is 9.51 Å². The number of imidazole rings is 1. The van der Waals surface area contributed by atoms with Crippen LogP contribution in [-0.2, 0) is 11.8 Å². The van der Waals surface area contributed by atoms with E-state index in [0.717, 1.165) is 29.2 Å². The number of piperazine rings is 1. The van der Waals surface area contributed by atoms with Gasteiger partial charge in [0, 0.05) is 55.1 Å². The number of anilines is 2. The Bertz CT molecular complexity index is 1670. The van der Waals surface area contributed by atoms with E-state index in [9.17, 15) is 4.79 Å². The summed E-state index contributed by atoms with van der Waals surface area (Å²) in [4.78, 5) is 23.5. The van der Waals surface area contributed by atoms with Crippen LogP contribution in [0.5, 0.6) is 0 Å². The number of nitrogens with zero attached hydrogens (tertiary/aromatic N) is 5. The van der Waals surface area contributed by atoms with E-state index in [1.54, 1.807) is 17.4 Å². The third-order valence-corrected chi connectivity index (χ3v) is 8.96. The monoisotopic (exact) mass is 585 g/mol. The summed E-state index contributed by atoms with van der Waals surface area (Å²) in [5.74, 6) is 1.09. The third kappa shape index (κ3) is 6.35. The zero-order valence-corrected chi connectivity index (χ0v) is 25.6. The molecule has 0 spiro atoms. The van der Waals surface area contributed by atoms with Crippen LogP contribution in [0, 0.1) is 0 Å². The Morgan fingerprint density at radius 1 is 1.00 bits per heavy atom. The Hall–Kier alpha value is -3.73. The van der Waals surface area contributed by atoms with Crippen molar-refractivity contribution in [1.29, 1.82) is 0 Å². The summed E-state index contributed by atoms with van der Waals surface area (Å²) in [7, 11) is 0. The average molecular weight is 586 g/mol. The van der Waals surface area contributed by atoms with Gasteiger partial charge in [0.25, 0.3) is 0 Å². The largest absolute Gasteiger partial charge is 0.359 e. The minimum absolute atomic E-state index is 0.180. The molecule has 0 aliphatic carbocycles. The number of aryl methyl sites for hydroxylation is 1. The van der Waals surface area contributed by atoms with E-state index in [2.05, 4.69) is 61.3 Å². The standard InChI is InChI=1S/C32H39N7O2S/c1-5-37-15-17-38(18-16-37)14-6-7-22-8-13-26-27(19-22)42-31-34-25(21-39(26)31)23-9-11-24(12-10-23)33-30(40)35-29-20-28(41-36-29)32(2,3)4/h8-13,19-21H,5-7,14-18H2,1-4H3,(H2,33,35,36,40). The van der Waals surface area contributed by atoms with Gasteiger partial charge < -0.3 is 19.6 Å². The fourth-order valence-corrected chi connectivity index (χ4v) is 6.44. The first-order valence-electron chi connectivity index (χ1n) is 14.8. The van der Waals surface area contributed by atoms with Gasteiger partial charge in [-0.25, -0.2) is 9.78 Å². The van der Waals surface area contributed by atoms with Gasteiger partial charge in [0.1, 0.15) is 5.76 Å². The smallest absolute Gasteiger partial charge is 0.324 e. The molecule has 3 aromatic heterocycles. The van der Waals surface area contributed by atoms with Crippen LogP contribution in [0.15, 0.2) is 59.3 Å². The van der Waals surface area contributed by atoms with Crippen molar-refractivity contribution in [2.75, 3.05) is 49.9 Å². The highest BCUT2D eigenvalue weighted by Gasteiger charge is 2.20. The van der Waals surface area contributed by atoms with Gasteiger partial charge in [0.15, 0.2) is 10.8 Å². The molecule has 9 nitrogen and oxygen atoms in total. The zero-order valence-electron chi connectivity index (χ0n) is 24.8. The maximum absolute atomic E-state index is 12.5. The van der Waals surface area contributed by atoms with E-state index in [-0.39, 0.29) is 11.4 Å². The van der Waals surface area contributed by atoms with Crippen molar-refractivity contribution < 1.29 is 9.32 Å². The van der Waals surface area contributed by atoms with Gasteiger partial charge in [-0.3, -0.25) is 9.72 Å². The van der Waals surface area contributed by atoms with Crippen molar-refractivity contribution >= 4 is 44.1 Å². The van der Waals surface area contributed by atoms with Crippen molar-refractivity contribution in [2.24, 2.45) is 0 Å². The number of benzene rings is 2. The Morgan fingerprint density at radius 3 is 2.48 bits per heavy atom. The first kappa shape index (κ1) is 28.4. The number of urea groups is 1. The minimum Gasteiger partial charge on any atom is -0.359 e. The van der Waals surface area contributed by atoms with Crippen LogP contribution in [0.4, 0.5) is 16.3 Å². The highest BCUT2D eigenvalue weighted by molar-refractivity contribution is 7.23. The summed E-state index contributed by atoms with van der Waals surface area (Å²) in [5.41, 5.74) is 4.98. The number of fused-ring (bicyclic) bond motifs is 3. The summed E-state index contributed by atoms with van der Waals surface area (Å²) in [6.45, 7) is 15.4. The third-order valence-electron chi connectivity index (χ3n) is 7.94. The van der Waals surface area contributed by atoms with E-state index in [1.165, 1.54) is 54.9 Å². The van der Waals surface area contributed by atoms with Gasteiger partial charge in [0.2, 0.25) is 0 Å². The van der Waals surface area contributed by atoms with Crippen molar-refractivity contribution in [3.05, 3.63) is 66.1 Å². The number of hydrogen-bond donors (Lipinski definition) is 2. The van der Waals surface area contributed by atoms with Crippen molar-refractivity contribution in [3.63, 3.8) is 0 Å². The second-order valence-electron chi connectivity index (χ2n) is 12.0. The molecule has 2 N–H and O–H groups in total. The predicted octanol–water partition coefficient (Wildman–Crippen LogP) is 6.72. The lowest BCUT2D eigenvalue weighted by Crippen LogP contribution is -2.46. The molecular weight excluding hydrogens is 546 g/mol. The lowest BCUT2D eigenvalue weighted by atomic mass is 9.93. The molecule has 1 aliphatic heterocycles. The van der Waals surface area contributed by atoms with E-state index in [1.807, 2.05) is 45.0 Å². The molecule has 1 fully saturated rings. The summed E-state index contributed by atoms with van der Waals surface area (Å²) in [6.07, 6.45) is 4.38. The van der Waals surface area contributed by atoms with Gasteiger partial charge in [-0.05, 0) is 55.8 Å². The van der Waals surface area contributed by atoms with Crippen LogP contribution >= 0.6 is 11.3 Å². The molecule has 2 aromatic carbocycles. The Kier molecular flexibility index (Phi) is 8.02. The molecule has 1 aliphatic rings. The van der Waals surface area contributed by atoms with Crippen LogP contribution in [-0.4, -0.2) is 69.6 Å². The van der Waals surface area contributed by atoms with Gasteiger partial charge in [-0.1, -0.05) is 62.4 Å². The highest BCUT2D eigenvalue weighted by atomic mass is 32.1. The van der Waals surface area contributed by atoms with Gasteiger partial charge >= 0.3 is 6.03 Å². The van der Waals surface area contributed by atoms with E-state index < -0.39 is 0 Å². The van der Waals surface area contributed by atoms with Gasteiger partial charge in [-0.15, -0.1) is 0 Å². The first-order chi connectivity index (χ1) is 20.2. The maximum Gasteiger partial charge on any atom is 0.324 e. The first-order valence-corrected chi connectivity index (χ1v) is 15.6. The topological polar surface area (TPSA) is 90.9 Å². The van der Waals surface area contributed by atoms with Crippen LogP contribution in [0.3, 0.4) is 0 Å². The van der Waals surface area contributed by atoms with Crippen molar-refractivity contribution in [1.82, 2.24) is 24.3 Å². The summed E-state index contributed by atoms with van der Waals surface area (Å²) in [6, 6.07) is 15.9. The molecule has 5 aromatic rings. The maximum atomic E-state index is 12.5. The van der Waals surface area contributed by atoms with Gasteiger partial charge in [-0.2, -0.15) is 0 Å². The Labute approximate surface area is 250 Å². The summed E-state index contributed by atoms with van der Waals surface area (Å²) < 4.78 is 8.78. The number of likely N-dealkylation sites (N-methyl/N-ethyl adjacent to an activating group) is 1. The molecule has 0 saturated carbocycles. The zero-order chi connectivity index (χ0) is 29.3. The summed E-state index contributed by atoms with van der Waals surface area (Å²) in [5, 5.41) is 9.50. The fraction of sp³-hybridized carbons (Fsp3) is 0.406. The lowest BCUT2D eigenvalue weighted by molar-refractivity contribution is 0.136. The number of carbonyl (C=O) groups excluding carboxylic acids is 1. The minimum atomic E-state index is -0.375. The number of amides is 2. The number of nitrogens with one attached hydrogen (secondary N) is 2. The molecule has 0 radical (unpaired) electrons. The number of rotatable bonds is 8. The fourth-order valence-electron chi connectivity index (χ4n) is 5.37. The molecule has 220 valence electrons. The van der Waals surface area contributed by atoms with E-state index >= 15 is 0 Å². The molecule has 1 saturated heterocycles.